The van der Waals surface area contributed by atoms with Gasteiger partial charge < -0.3 is 9.84 Å². The number of aliphatic hydroxyl groups is 1. The van der Waals surface area contributed by atoms with E-state index in [1.54, 1.807) is 6.08 Å². The molecular formula is C8H12O3. The van der Waals surface area contributed by atoms with Crippen LogP contribution in [0.1, 0.15) is 19.3 Å². The maximum Gasteiger partial charge on any atom is 0.336 e. The first-order valence-electron chi connectivity index (χ1n) is 3.72. The second-order valence-corrected chi connectivity index (χ2v) is 2.60. The van der Waals surface area contributed by atoms with Gasteiger partial charge in [-0.3, -0.25) is 0 Å². The quantitative estimate of drug-likeness (QED) is 0.566. The summed E-state index contributed by atoms with van der Waals surface area (Å²) in [6, 6.07) is 0. The molecule has 0 aromatic rings. The summed E-state index contributed by atoms with van der Waals surface area (Å²) < 4.78 is 4.49. The van der Waals surface area contributed by atoms with E-state index in [-0.39, 0.29) is 0 Å². The molecule has 0 saturated heterocycles. The maximum absolute atomic E-state index is 10.9. The normalized spacial score (nSPS) is 24.2. The van der Waals surface area contributed by atoms with E-state index in [0.29, 0.717) is 12.0 Å². The van der Waals surface area contributed by atoms with Crippen molar-refractivity contribution in [3.63, 3.8) is 0 Å². The Balaban J connectivity index is 2.67. The molecule has 0 aliphatic heterocycles. The van der Waals surface area contributed by atoms with Crippen LogP contribution in [0.15, 0.2) is 11.6 Å². The second kappa shape index (κ2) is 3.53. The van der Waals surface area contributed by atoms with E-state index in [4.69, 9.17) is 0 Å². The average Bonchev–Trinajstić information content (AvgIpc) is 2.04. The van der Waals surface area contributed by atoms with Crippen LogP contribution in [0.5, 0.6) is 0 Å². The predicted octanol–water partition coefficient (Wildman–Crippen LogP) is 0.631. The molecule has 0 unspecified atom stereocenters. The minimum atomic E-state index is -0.615. The molecule has 1 rings (SSSR count). The lowest BCUT2D eigenvalue weighted by Crippen LogP contribution is -2.21. The largest absolute Gasteiger partial charge is 0.466 e. The van der Waals surface area contributed by atoms with Crippen molar-refractivity contribution in [3.8, 4) is 0 Å². The zero-order valence-corrected chi connectivity index (χ0v) is 6.54. The molecule has 0 amide bonds. The summed E-state index contributed by atoms with van der Waals surface area (Å²) in [7, 11) is 1.32. The number of aliphatic hydroxyl groups excluding tert-OH is 1. The van der Waals surface area contributed by atoms with Crippen LogP contribution in [0.4, 0.5) is 0 Å². The van der Waals surface area contributed by atoms with E-state index in [9.17, 15) is 9.90 Å². The van der Waals surface area contributed by atoms with E-state index in [1.165, 1.54) is 7.11 Å². The van der Waals surface area contributed by atoms with Crippen molar-refractivity contribution < 1.29 is 14.6 Å². The number of hydrogen-bond donors (Lipinski definition) is 1. The van der Waals surface area contributed by atoms with Gasteiger partial charge in [-0.05, 0) is 19.3 Å². The van der Waals surface area contributed by atoms with Crippen molar-refractivity contribution in [2.24, 2.45) is 0 Å². The zero-order valence-electron chi connectivity index (χ0n) is 6.54. The van der Waals surface area contributed by atoms with Crippen LogP contribution in [0.2, 0.25) is 0 Å². The lowest BCUT2D eigenvalue weighted by Gasteiger charge is -2.16. The third-order valence-electron chi connectivity index (χ3n) is 1.83. The molecule has 3 heteroatoms. The topological polar surface area (TPSA) is 46.5 Å². The Labute approximate surface area is 65.7 Å². The summed E-state index contributed by atoms with van der Waals surface area (Å²) in [4.78, 5) is 10.9. The minimum Gasteiger partial charge on any atom is -0.466 e. The van der Waals surface area contributed by atoms with Crippen molar-refractivity contribution in [1.29, 1.82) is 0 Å². The van der Waals surface area contributed by atoms with Crippen molar-refractivity contribution in [2.75, 3.05) is 7.11 Å². The summed E-state index contributed by atoms with van der Waals surface area (Å²) in [5.41, 5.74) is 0.416. The van der Waals surface area contributed by atoms with Crippen molar-refractivity contribution in [2.45, 2.75) is 25.4 Å². The van der Waals surface area contributed by atoms with Crippen molar-refractivity contribution >= 4 is 5.97 Å². The van der Waals surface area contributed by atoms with Gasteiger partial charge in [-0.15, -0.1) is 0 Å². The van der Waals surface area contributed by atoms with Gasteiger partial charge in [-0.25, -0.2) is 4.79 Å². The Morgan fingerprint density at radius 2 is 2.55 bits per heavy atom. The predicted molar refractivity (Wildman–Crippen MR) is 40.0 cm³/mol. The fourth-order valence-electron chi connectivity index (χ4n) is 1.20. The molecule has 0 bridgehead atoms. The van der Waals surface area contributed by atoms with E-state index < -0.39 is 12.1 Å². The monoisotopic (exact) mass is 156 g/mol. The number of allylic oxidation sites excluding steroid dienone is 1. The summed E-state index contributed by atoms with van der Waals surface area (Å²) in [5, 5.41) is 9.30. The molecule has 3 nitrogen and oxygen atoms in total. The highest BCUT2D eigenvalue weighted by Crippen LogP contribution is 2.18. The van der Waals surface area contributed by atoms with Gasteiger partial charge in [-0.1, -0.05) is 6.08 Å². The minimum absolute atomic E-state index is 0.405. The highest BCUT2D eigenvalue weighted by Gasteiger charge is 2.21. The smallest absolute Gasteiger partial charge is 0.336 e. The first-order chi connectivity index (χ1) is 5.25. The first-order valence-corrected chi connectivity index (χ1v) is 3.72. The highest BCUT2D eigenvalue weighted by atomic mass is 16.5. The van der Waals surface area contributed by atoms with Crippen molar-refractivity contribution in [1.82, 2.24) is 0 Å². The Morgan fingerprint density at radius 1 is 1.82 bits per heavy atom. The fourth-order valence-corrected chi connectivity index (χ4v) is 1.20. The number of methoxy groups -OCH3 is 1. The van der Waals surface area contributed by atoms with Gasteiger partial charge in [0.05, 0.1) is 18.8 Å². The molecule has 1 aliphatic carbocycles. The van der Waals surface area contributed by atoms with Gasteiger partial charge in [0.2, 0.25) is 0 Å². The average molecular weight is 156 g/mol. The van der Waals surface area contributed by atoms with E-state index >= 15 is 0 Å². The van der Waals surface area contributed by atoms with Gasteiger partial charge in [-0.2, -0.15) is 0 Å². The zero-order chi connectivity index (χ0) is 8.27. The summed E-state index contributed by atoms with van der Waals surface area (Å²) in [5.74, 6) is -0.405. The van der Waals surface area contributed by atoms with Gasteiger partial charge in [0.25, 0.3) is 0 Å². The van der Waals surface area contributed by atoms with Crippen LogP contribution in [0, 0.1) is 0 Å². The molecule has 0 aromatic carbocycles. The number of ether oxygens (including phenoxy) is 1. The second-order valence-electron chi connectivity index (χ2n) is 2.60. The van der Waals surface area contributed by atoms with Crippen LogP contribution < -0.4 is 0 Å². The van der Waals surface area contributed by atoms with Gasteiger partial charge in [0.1, 0.15) is 0 Å². The van der Waals surface area contributed by atoms with Gasteiger partial charge >= 0.3 is 5.97 Å². The Morgan fingerprint density at radius 3 is 3.09 bits per heavy atom. The lowest BCUT2D eigenvalue weighted by atomic mass is 9.97. The molecule has 0 aromatic heterocycles. The molecule has 1 aliphatic rings. The van der Waals surface area contributed by atoms with Crippen LogP contribution in [-0.2, 0) is 9.53 Å². The van der Waals surface area contributed by atoms with Crippen LogP contribution in [0.25, 0.3) is 0 Å². The third kappa shape index (κ3) is 1.80. The molecule has 0 radical (unpaired) electrons. The van der Waals surface area contributed by atoms with Crippen LogP contribution >= 0.6 is 0 Å². The van der Waals surface area contributed by atoms with E-state index in [2.05, 4.69) is 4.74 Å². The standard InChI is InChI=1S/C8H12O3/c1-11-8(10)6-4-2-3-5-7(6)9/h4,7,9H,2-3,5H2,1H3/t7-/m0/s1. The molecule has 62 valence electrons. The lowest BCUT2D eigenvalue weighted by molar-refractivity contribution is -0.137. The van der Waals surface area contributed by atoms with Crippen LogP contribution in [0.3, 0.4) is 0 Å². The number of carbonyl (C=O) groups excluding carboxylic acids is 1. The summed E-state index contributed by atoms with van der Waals surface area (Å²) in [6.07, 6.45) is 3.61. The molecule has 1 N–H and O–H groups in total. The number of esters is 1. The van der Waals surface area contributed by atoms with Gasteiger partial charge in [0.15, 0.2) is 0 Å². The molecule has 0 heterocycles. The van der Waals surface area contributed by atoms with Gasteiger partial charge in [0, 0.05) is 0 Å². The Kier molecular flexibility index (Phi) is 2.65. The molecule has 0 fully saturated rings. The third-order valence-corrected chi connectivity index (χ3v) is 1.83. The maximum atomic E-state index is 10.9. The molecular weight excluding hydrogens is 144 g/mol. The molecule has 11 heavy (non-hydrogen) atoms. The van der Waals surface area contributed by atoms with Crippen LogP contribution in [-0.4, -0.2) is 24.3 Å². The molecule has 0 spiro atoms. The molecule has 0 saturated carbocycles. The SMILES string of the molecule is COC(=O)C1=CCCC[C@@H]1O. The van der Waals surface area contributed by atoms with Crippen molar-refractivity contribution in [3.05, 3.63) is 11.6 Å². The van der Waals surface area contributed by atoms with E-state index in [0.717, 1.165) is 12.8 Å². The summed E-state index contributed by atoms with van der Waals surface area (Å²) in [6.45, 7) is 0. The Hall–Kier alpha value is -0.830. The number of rotatable bonds is 1. The summed E-state index contributed by atoms with van der Waals surface area (Å²) >= 11 is 0. The first kappa shape index (κ1) is 8.27. The van der Waals surface area contributed by atoms with E-state index in [1.807, 2.05) is 0 Å². The number of carbonyl (C=O) groups is 1. The Bertz CT molecular complexity index is 184. The fraction of sp³-hybridized carbons (Fsp3) is 0.625. The number of hydrogen-bond acceptors (Lipinski definition) is 3. The highest BCUT2D eigenvalue weighted by molar-refractivity contribution is 5.89. The molecule has 1 atom stereocenters.